The van der Waals surface area contributed by atoms with Gasteiger partial charge in [-0.1, -0.05) is 0 Å². The summed E-state index contributed by atoms with van der Waals surface area (Å²) in [4.78, 5) is 10.1. The molecular formula is C13H12N6. The van der Waals surface area contributed by atoms with Gasteiger partial charge in [0.05, 0.1) is 41.5 Å². The number of nitrogens with zero attached hydrogens (tertiary/aromatic N) is 4. The van der Waals surface area contributed by atoms with Crippen molar-refractivity contribution in [3.63, 3.8) is 0 Å². The summed E-state index contributed by atoms with van der Waals surface area (Å²) in [6.45, 7) is 0.836. The van der Waals surface area contributed by atoms with Gasteiger partial charge in [-0.25, -0.2) is 4.98 Å². The van der Waals surface area contributed by atoms with Crippen molar-refractivity contribution in [2.24, 2.45) is 0 Å². The minimum atomic E-state index is 0.816. The van der Waals surface area contributed by atoms with Crippen molar-refractivity contribution in [3.8, 4) is 11.4 Å². The van der Waals surface area contributed by atoms with Gasteiger partial charge in [-0.15, -0.1) is 0 Å². The topological polar surface area (TPSA) is 69.7 Å². The first kappa shape index (κ1) is 10.3. The quantitative estimate of drug-likeness (QED) is 0.691. The molecule has 0 spiro atoms. The Morgan fingerprint density at radius 3 is 3.05 bits per heavy atom. The minimum Gasteiger partial charge on any atom is -0.366 e. The average Bonchev–Trinajstić information content (AvgIpc) is 3.02. The number of aromatic nitrogens is 4. The Morgan fingerprint density at radius 2 is 2.21 bits per heavy atom. The number of rotatable bonds is 1. The van der Waals surface area contributed by atoms with Crippen LogP contribution in [0.2, 0.25) is 0 Å². The molecule has 1 aliphatic heterocycles. The Kier molecular flexibility index (Phi) is 2.00. The standard InChI is InChI=1S/C13H12N6/c1-19-7-14-11-4-9-10(5-12(11)19)18-13(17-9)8-2-3-15-16-6-8/h2-6,14H,7H2,1H3,(H,17,18). The number of hydrogen-bond acceptors (Lipinski definition) is 5. The lowest BCUT2D eigenvalue weighted by Gasteiger charge is -2.08. The molecule has 2 N–H and O–H groups in total. The van der Waals surface area contributed by atoms with Crippen LogP contribution in [0.15, 0.2) is 30.6 Å². The summed E-state index contributed by atoms with van der Waals surface area (Å²) < 4.78 is 0. The van der Waals surface area contributed by atoms with Gasteiger partial charge in [0.15, 0.2) is 0 Å². The highest BCUT2D eigenvalue weighted by molar-refractivity contribution is 5.91. The van der Waals surface area contributed by atoms with Crippen LogP contribution >= 0.6 is 0 Å². The van der Waals surface area contributed by atoms with E-state index in [4.69, 9.17) is 0 Å². The zero-order chi connectivity index (χ0) is 12.8. The molecule has 94 valence electrons. The Morgan fingerprint density at radius 1 is 1.26 bits per heavy atom. The Balaban J connectivity index is 1.89. The normalized spacial score (nSPS) is 13.6. The van der Waals surface area contributed by atoms with Crippen LogP contribution in [-0.2, 0) is 0 Å². The molecule has 19 heavy (non-hydrogen) atoms. The number of imidazole rings is 1. The highest BCUT2D eigenvalue weighted by atomic mass is 15.3. The van der Waals surface area contributed by atoms with Gasteiger partial charge in [0.25, 0.3) is 0 Å². The highest BCUT2D eigenvalue weighted by Crippen LogP contribution is 2.34. The van der Waals surface area contributed by atoms with Crippen molar-refractivity contribution in [2.45, 2.75) is 0 Å². The van der Waals surface area contributed by atoms with E-state index in [1.165, 1.54) is 5.69 Å². The van der Waals surface area contributed by atoms with Gasteiger partial charge in [0.2, 0.25) is 0 Å². The predicted molar refractivity (Wildman–Crippen MR) is 74.0 cm³/mol. The van der Waals surface area contributed by atoms with Crippen molar-refractivity contribution in [1.29, 1.82) is 0 Å². The minimum absolute atomic E-state index is 0.816. The Hall–Kier alpha value is -2.63. The van der Waals surface area contributed by atoms with Gasteiger partial charge in [-0.05, 0) is 18.2 Å². The van der Waals surface area contributed by atoms with E-state index in [1.54, 1.807) is 12.4 Å². The number of H-pyrrole nitrogens is 1. The van der Waals surface area contributed by atoms with Gasteiger partial charge in [-0.2, -0.15) is 10.2 Å². The number of anilines is 2. The van der Waals surface area contributed by atoms with E-state index in [2.05, 4.69) is 49.6 Å². The molecule has 0 bridgehead atoms. The second kappa shape index (κ2) is 3.68. The van der Waals surface area contributed by atoms with E-state index < -0.39 is 0 Å². The van der Waals surface area contributed by atoms with E-state index in [-0.39, 0.29) is 0 Å². The van der Waals surface area contributed by atoms with Crippen LogP contribution in [0.1, 0.15) is 0 Å². The van der Waals surface area contributed by atoms with Crippen LogP contribution in [0.5, 0.6) is 0 Å². The number of benzene rings is 1. The van der Waals surface area contributed by atoms with Gasteiger partial charge in [0, 0.05) is 12.6 Å². The largest absolute Gasteiger partial charge is 0.366 e. The molecule has 2 aromatic heterocycles. The lowest BCUT2D eigenvalue weighted by molar-refractivity contribution is 1.03. The summed E-state index contributed by atoms with van der Waals surface area (Å²) in [5, 5.41) is 11.0. The smallest absolute Gasteiger partial charge is 0.140 e. The molecule has 0 saturated carbocycles. The van der Waals surface area contributed by atoms with Gasteiger partial charge in [0.1, 0.15) is 5.82 Å². The van der Waals surface area contributed by atoms with Crippen LogP contribution in [0, 0.1) is 0 Å². The van der Waals surface area contributed by atoms with Crippen LogP contribution in [0.4, 0.5) is 11.4 Å². The molecule has 6 nitrogen and oxygen atoms in total. The molecule has 0 fully saturated rings. The Bertz CT molecular complexity index is 748. The van der Waals surface area contributed by atoms with Crippen molar-refractivity contribution in [2.75, 3.05) is 23.9 Å². The number of fused-ring (bicyclic) bond motifs is 2. The summed E-state index contributed by atoms with van der Waals surface area (Å²) in [5.41, 5.74) is 5.23. The van der Waals surface area contributed by atoms with E-state index in [0.29, 0.717) is 0 Å². The number of aromatic amines is 1. The van der Waals surface area contributed by atoms with Gasteiger partial charge >= 0.3 is 0 Å². The zero-order valence-corrected chi connectivity index (χ0v) is 10.4. The molecule has 4 rings (SSSR count). The summed E-state index contributed by atoms with van der Waals surface area (Å²) in [6, 6.07) is 6.08. The molecule has 0 saturated heterocycles. The first-order valence-corrected chi connectivity index (χ1v) is 6.07. The maximum Gasteiger partial charge on any atom is 0.140 e. The van der Waals surface area contributed by atoms with Crippen LogP contribution in [-0.4, -0.2) is 33.9 Å². The molecule has 0 unspecified atom stereocenters. The first-order chi connectivity index (χ1) is 9.31. The summed E-state index contributed by atoms with van der Waals surface area (Å²) in [6.07, 6.45) is 3.37. The fourth-order valence-electron chi connectivity index (χ4n) is 2.36. The summed E-state index contributed by atoms with van der Waals surface area (Å²) in [7, 11) is 2.06. The lowest BCUT2D eigenvalue weighted by Crippen LogP contribution is -2.15. The maximum atomic E-state index is 4.62. The molecule has 3 aromatic rings. The Labute approximate surface area is 109 Å². The maximum absolute atomic E-state index is 4.62. The molecule has 0 atom stereocenters. The van der Waals surface area contributed by atoms with Crippen LogP contribution < -0.4 is 10.2 Å². The second-order valence-corrected chi connectivity index (χ2v) is 4.64. The van der Waals surface area contributed by atoms with Crippen molar-refractivity contribution >= 4 is 22.4 Å². The summed E-state index contributed by atoms with van der Waals surface area (Å²) in [5.74, 6) is 0.816. The fourth-order valence-corrected chi connectivity index (χ4v) is 2.36. The van der Waals surface area contributed by atoms with Crippen molar-refractivity contribution in [3.05, 3.63) is 30.6 Å². The van der Waals surface area contributed by atoms with E-state index in [0.717, 1.165) is 34.8 Å². The zero-order valence-electron chi connectivity index (χ0n) is 10.4. The predicted octanol–water partition coefficient (Wildman–Crippen LogP) is 1.84. The van der Waals surface area contributed by atoms with E-state index in [1.807, 2.05) is 6.07 Å². The van der Waals surface area contributed by atoms with Crippen LogP contribution in [0.25, 0.3) is 22.4 Å². The summed E-state index contributed by atoms with van der Waals surface area (Å²) >= 11 is 0. The van der Waals surface area contributed by atoms with Gasteiger partial charge in [-0.3, -0.25) is 0 Å². The molecule has 1 aromatic carbocycles. The third kappa shape index (κ3) is 1.53. The van der Waals surface area contributed by atoms with Gasteiger partial charge < -0.3 is 15.2 Å². The average molecular weight is 252 g/mol. The molecule has 0 aliphatic carbocycles. The fraction of sp³-hybridized carbons (Fsp3) is 0.154. The third-order valence-corrected chi connectivity index (χ3v) is 3.37. The molecule has 0 radical (unpaired) electrons. The second-order valence-electron chi connectivity index (χ2n) is 4.64. The molecule has 6 heteroatoms. The van der Waals surface area contributed by atoms with Crippen LogP contribution in [0.3, 0.4) is 0 Å². The van der Waals surface area contributed by atoms with Crippen molar-refractivity contribution < 1.29 is 0 Å². The van der Waals surface area contributed by atoms with Crippen molar-refractivity contribution in [1.82, 2.24) is 20.2 Å². The van der Waals surface area contributed by atoms with E-state index >= 15 is 0 Å². The SMILES string of the molecule is CN1CNc2cc3[nH]c(-c4ccnnc4)nc3cc21. The first-order valence-electron chi connectivity index (χ1n) is 6.07. The number of hydrogen-bond donors (Lipinski definition) is 2. The highest BCUT2D eigenvalue weighted by Gasteiger charge is 2.17. The lowest BCUT2D eigenvalue weighted by atomic mass is 10.2. The molecule has 1 aliphatic rings. The monoisotopic (exact) mass is 252 g/mol. The van der Waals surface area contributed by atoms with E-state index in [9.17, 15) is 0 Å². The molecule has 3 heterocycles. The molecular weight excluding hydrogens is 240 g/mol. The third-order valence-electron chi connectivity index (χ3n) is 3.37. The number of nitrogens with one attached hydrogen (secondary N) is 2. The molecule has 0 amide bonds.